The van der Waals surface area contributed by atoms with Crippen molar-refractivity contribution >= 4 is 23.6 Å². The third-order valence-corrected chi connectivity index (χ3v) is 4.49. The molecule has 2 heterocycles. The summed E-state index contributed by atoms with van der Waals surface area (Å²) in [5, 5.41) is 0. The average molecular weight is 349 g/mol. The fraction of sp³-hybridized carbons (Fsp3) is 0.471. The quantitative estimate of drug-likeness (QED) is 0.768. The van der Waals surface area contributed by atoms with Crippen LogP contribution in [0.2, 0.25) is 0 Å². The van der Waals surface area contributed by atoms with Gasteiger partial charge in [-0.1, -0.05) is 0 Å². The minimum atomic E-state index is -0.540. The summed E-state index contributed by atoms with van der Waals surface area (Å²) in [5.41, 5.74) is 0.379. The predicted octanol–water partition coefficient (Wildman–Crippen LogP) is 1.23. The molecular formula is C17H20FN3O4. The molecule has 3 amide bonds. The Kier molecular flexibility index (Phi) is 4.98. The molecular weight excluding hydrogens is 329 g/mol. The standard InChI is InChI=1S/C17H20FN3O4/c1-2-25-17(24)20-9-7-19(8-10-20)14-11-15(22)21(16(14)23)13-5-3-12(18)4-6-13/h3-6,14H,2,7-11H2,1H3/t14-/m1/s1. The van der Waals surface area contributed by atoms with E-state index in [4.69, 9.17) is 4.74 Å². The summed E-state index contributed by atoms with van der Waals surface area (Å²) in [6.45, 7) is 3.97. The first-order valence-corrected chi connectivity index (χ1v) is 8.29. The molecule has 134 valence electrons. The number of ether oxygens (including phenoxy) is 1. The van der Waals surface area contributed by atoms with Gasteiger partial charge < -0.3 is 9.64 Å². The summed E-state index contributed by atoms with van der Waals surface area (Å²) in [4.78, 5) is 41.3. The molecule has 1 aromatic carbocycles. The van der Waals surface area contributed by atoms with Gasteiger partial charge in [0.2, 0.25) is 5.91 Å². The molecule has 1 aromatic rings. The maximum Gasteiger partial charge on any atom is 0.409 e. The summed E-state index contributed by atoms with van der Waals surface area (Å²) in [6.07, 6.45) is -0.265. The van der Waals surface area contributed by atoms with Gasteiger partial charge >= 0.3 is 6.09 Å². The number of amides is 3. The van der Waals surface area contributed by atoms with Gasteiger partial charge in [0.1, 0.15) is 5.82 Å². The van der Waals surface area contributed by atoms with E-state index in [1.165, 1.54) is 24.3 Å². The van der Waals surface area contributed by atoms with E-state index in [2.05, 4.69) is 0 Å². The first kappa shape index (κ1) is 17.3. The molecule has 2 aliphatic heterocycles. The highest BCUT2D eigenvalue weighted by molar-refractivity contribution is 6.22. The first-order chi connectivity index (χ1) is 12.0. The normalized spacial score (nSPS) is 21.8. The number of rotatable bonds is 3. The van der Waals surface area contributed by atoms with E-state index in [9.17, 15) is 18.8 Å². The minimum Gasteiger partial charge on any atom is -0.450 e. The number of halogens is 1. The van der Waals surface area contributed by atoms with Crippen molar-refractivity contribution in [2.24, 2.45) is 0 Å². The smallest absolute Gasteiger partial charge is 0.409 e. The first-order valence-electron chi connectivity index (χ1n) is 8.29. The van der Waals surface area contributed by atoms with E-state index in [-0.39, 0.29) is 24.3 Å². The molecule has 25 heavy (non-hydrogen) atoms. The zero-order valence-electron chi connectivity index (χ0n) is 14.0. The molecule has 7 nitrogen and oxygen atoms in total. The number of nitrogens with zero attached hydrogens (tertiary/aromatic N) is 3. The molecule has 0 aromatic heterocycles. The predicted molar refractivity (Wildman–Crippen MR) is 87.5 cm³/mol. The van der Waals surface area contributed by atoms with Gasteiger partial charge in [-0.3, -0.25) is 14.5 Å². The number of imide groups is 1. The second-order valence-corrected chi connectivity index (χ2v) is 5.99. The monoisotopic (exact) mass is 349 g/mol. The number of carbonyl (C=O) groups excluding carboxylic acids is 3. The Balaban J connectivity index is 1.65. The van der Waals surface area contributed by atoms with Gasteiger partial charge in [-0.25, -0.2) is 14.1 Å². The zero-order valence-corrected chi connectivity index (χ0v) is 14.0. The fourth-order valence-electron chi connectivity index (χ4n) is 3.19. The van der Waals surface area contributed by atoms with Crippen molar-refractivity contribution in [3.8, 4) is 0 Å². The Labute approximate surface area is 144 Å². The van der Waals surface area contributed by atoms with Crippen molar-refractivity contribution in [2.45, 2.75) is 19.4 Å². The topological polar surface area (TPSA) is 70.2 Å². The van der Waals surface area contributed by atoms with Crippen LogP contribution in [0.5, 0.6) is 0 Å². The van der Waals surface area contributed by atoms with Crippen LogP contribution in [0.25, 0.3) is 0 Å². The highest BCUT2D eigenvalue weighted by Gasteiger charge is 2.43. The molecule has 0 radical (unpaired) electrons. The van der Waals surface area contributed by atoms with Crippen LogP contribution >= 0.6 is 0 Å². The van der Waals surface area contributed by atoms with Gasteiger partial charge in [-0.2, -0.15) is 0 Å². The van der Waals surface area contributed by atoms with Gasteiger partial charge in [0, 0.05) is 26.2 Å². The molecule has 2 aliphatic rings. The number of benzene rings is 1. The van der Waals surface area contributed by atoms with Crippen molar-refractivity contribution in [1.29, 1.82) is 0 Å². The summed E-state index contributed by atoms with van der Waals surface area (Å²) >= 11 is 0. The lowest BCUT2D eigenvalue weighted by Crippen LogP contribution is -2.54. The van der Waals surface area contributed by atoms with Crippen LogP contribution in [0.1, 0.15) is 13.3 Å². The van der Waals surface area contributed by atoms with Crippen LogP contribution in [0.15, 0.2) is 24.3 Å². The van der Waals surface area contributed by atoms with E-state index >= 15 is 0 Å². The molecule has 3 rings (SSSR count). The number of piperazine rings is 1. The van der Waals surface area contributed by atoms with E-state index < -0.39 is 11.9 Å². The van der Waals surface area contributed by atoms with E-state index in [0.29, 0.717) is 38.5 Å². The summed E-state index contributed by atoms with van der Waals surface area (Å²) < 4.78 is 18.0. The van der Waals surface area contributed by atoms with Gasteiger partial charge in [0.15, 0.2) is 0 Å². The minimum absolute atomic E-state index is 0.0929. The second kappa shape index (κ2) is 7.18. The van der Waals surface area contributed by atoms with Gasteiger partial charge in [0.05, 0.1) is 24.8 Å². The van der Waals surface area contributed by atoms with Crippen LogP contribution in [0, 0.1) is 5.82 Å². The molecule has 0 aliphatic carbocycles. The number of anilines is 1. The maximum atomic E-state index is 13.1. The third-order valence-electron chi connectivity index (χ3n) is 4.49. The van der Waals surface area contributed by atoms with Crippen LogP contribution in [-0.4, -0.2) is 66.5 Å². The Hall–Kier alpha value is -2.48. The van der Waals surface area contributed by atoms with Gasteiger partial charge in [0.25, 0.3) is 5.91 Å². The molecule has 0 bridgehead atoms. The van der Waals surface area contributed by atoms with E-state index in [0.717, 1.165) is 4.90 Å². The Bertz CT molecular complexity index is 671. The van der Waals surface area contributed by atoms with Gasteiger partial charge in [-0.05, 0) is 31.2 Å². The zero-order chi connectivity index (χ0) is 18.0. The summed E-state index contributed by atoms with van der Waals surface area (Å²) in [5.74, 6) is -1.02. The molecule has 0 spiro atoms. The van der Waals surface area contributed by atoms with E-state index in [1.807, 2.05) is 4.90 Å². The Morgan fingerprint density at radius 2 is 1.80 bits per heavy atom. The van der Waals surface area contributed by atoms with Crippen LogP contribution in [0.3, 0.4) is 0 Å². The highest BCUT2D eigenvalue weighted by atomic mass is 19.1. The summed E-state index contributed by atoms with van der Waals surface area (Å²) in [7, 11) is 0. The maximum absolute atomic E-state index is 13.1. The van der Waals surface area contributed by atoms with Crippen molar-refractivity contribution in [3.63, 3.8) is 0 Å². The number of carbonyl (C=O) groups is 3. The fourth-order valence-corrected chi connectivity index (χ4v) is 3.19. The van der Waals surface area contributed by atoms with Crippen LogP contribution in [0.4, 0.5) is 14.9 Å². The van der Waals surface area contributed by atoms with Gasteiger partial charge in [-0.15, -0.1) is 0 Å². The van der Waals surface area contributed by atoms with Crippen molar-refractivity contribution in [3.05, 3.63) is 30.1 Å². The van der Waals surface area contributed by atoms with Crippen LogP contribution < -0.4 is 4.90 Å². The number of hydrogen-bond donors (Lipinski definition) is 0. The lowest BCUT2D eigenvalue weighted by molar-refractivity contribution is -0.123. The second-order valence-electron chi connectivity index (χ2n) is 5.99. The van der Waals surface area contributed by atoms with Crippen molar-refractivity contribution in [1.82, 2.24) is 9.80 Å². The largest absolute Gasteiger partial charge is 0.450 e. The lowest BCUT2D eigenvalue weighted by atomic mass is 10.2. The lowest BCUT2D eigenvalue weighted by Gasteiger charge is -2.36. The number of hydrogen-bond acceptors (Lipinski definition) is 5. The molecule has 8 heteroatoms. The summed E-state index contributed by atoms with van der Waals surface area (Å²) in [6, 6.07) is 4.75. The van der Waals surface area contributed by atoms with Crippen molar-refractivity contribution in [2.75, 3.05) is 37.7 Å². The van der Waals surface area contributed by atoms with E-state index in [1.54, 1.807) is 11.8 Å². The Morgan fingerprint density at radius 1 is 1.16 bits per heavy atom. The highest BCUT2D eigenvalue weighted by Crippen LogP contribution is 2.26. The molecule has 0 saturated carbocycles. The molecule has 2 saturated heterocycles. The third kappa shape index (κ3) is 3.48. The molecule has 2 fully saturated rings. The average Bonchev–Trinajstić information content (AvgIpc) is 2.91. The Morgan fingerprint density at radius 3 is 2.40 bits per heavy atom. The molecule has 0 N–H and O–H groups in total. The molecule has 1 atom stereocenters. The van der Waals surface area contributed by atoms with Crippen LogP contribution in [-0.2, 0) is 14.3 Å². The van der Waals surface area contributed by atoms with Crippen molar-refractivity contribution < 1.29 is 23.5 Å². The SMILES string of the molecule is CCOC(=O)N1CCN([C@@H]2CC(=O)N(c3ccc(F)cc3)C2=O)CC1. The molecule has 0 unspecified atom stereocenters.